The summed E-state index contributed by atoms with van der Waals surface area (Å²) in [5.74, 6) is 0.123. The zero-order chi connectivity index (χ0) is 11.8. The summed E-state index contributed by atoms with van der Waals surface area (Å²) in [7, 11) is 0. The Kier molecular flexibility index (Phi) is 2.81. The highest BCUT2D eigenvalue weighted by molar-refractivity contribution is 6.30. The lowest BCUT2D eigenvalue weighted by Crippen LogP contribution is -2.43. The first-order valence-corrected chi connectivity index (χ1v) is 6.14. The lowest BCUT2D eigenvalue weighted by atomic mass is 10.0. The minimum atomic E-state index is -0.431. The predicted molar refractivity (Wildman–Crippen MR) is 64.9 cm³/mol. The van der Waals surface area contributed by atoms with Gasteiger partial charge in [0.25, 0.3) is 0 Å². The largest absolute Gasteiger partial charge is 0.490 e. The average Bonchev–Trinajstić information content (AvgIpc) is 2.64. The number of piperidine rings is 1. The van der Waals surface area contributed by atoms with Gasteiger partial charge in [0.15, 0.2) is 0 Å². The molecule has 2 nitrogen and oxygen atoms in total. The fourth-order valence-electron chi connectivity index (χ4n) is 2.45. The van der Waals surface area contributed by atoms with Crippen molar-refractivity contribution in [1.82, 2.24) is 5.32 Å². The maximum Gasteiger partial charge on any atom is 0.145 e. The van der Waals surface area contributed by atoms with Gasteiger partial charge in [0.1, 0.15) is 17.7 Å². The maximum absolute atomic E-state index is 13.3. The van der Waals surface area contributed by atoms with Gasteiger partial charge in [-0.2, -0.15) is 0 Å². The molecule has 0 amide bonds. The molecule has 1 aromatic rings. The zero-order valence-electron chi connectivity index (χ0n) is 9.20. The van der Waals surface area contributed by atoms with E-state index in [9.17, 15) is 4.39 Å². The van der Waals surface area contributed by atoms with Crippen molar-refractivity contribution in [2.24, 2.45) is 0 Å². The van der Waals surface area contributed by atoms with Crippen molar-refractivity contribution in [2.45, 2.75) is 31.0 Å². The van der Waals surface area contributed by atoms with Gasteiger partial charge in [-0.05, 0) is 12.1 Å². The number of nitrogens with one attached hydrogen (secondary N) is 1. The Balaban J connectivity index is 1.69. The molecule has 4 heteroatoms. The molecule has 1 N–H and O–H groups in total. The summed E-state index contributed by atoms with van der Waals surface area (Å²) in [5.41, 5.74) is 0. The van der Waals surface area contributed by atoms with Gasteiger partial charge in [0.05, 0.1) is 5.02 Å². The Labute approximate surface area is 104 Å². The van der Waals surface area contributed by atoms with E-state index in [1.54, 1.807) is 6.07 Å². The van der Waals surface area contributed by atoms with Gasteiger partial charge >= 0.3 is 0 Å². The zero-order valence-corrected chi connectivity index (χ0v) is 9.95. The van der Waals surface area contributed by atoms with Crippen LogP contribution in [0.4, 0.5) is 4.39 Å². The van der Waals surface area contributed by atoms with Crippen LogP contribution in [0.1, 0.15) is 12.8 Å². The maximum atomic E-state index is 13.3. The van der Waals surface area contributed by atoms with Gasteiger partial charge in [0.2, 0.25) is 0 Å². The van der Waals surface area contributed by atoms with E-state index in [0.29, 0.717) is 17.8 Å². The summed E-state index contributed by atoms with van der Waals surface area (Å²) in [6.45, 7) is 0. The number of hydrogen-bond donors (Lipinski definition) is 1. The molecule has 1 fully saturated rings. The van der Waals surface area contributed by atoms with E-state index < -0.39 is 5.82 Å². The number of halogens is 2. The van der Waals surface area contributed by atoms with Crippen molar-refractivity contribution in [1.29, 1.82) is 0 Å². The third-order valence-corrected chi connectivity index (χ3v) is 3.54. The van der Waals surface area contributed by atoms with E-state index in [1.807, 2.05) is 0 Å². The van der Waals surface area contributed by atoms with Crippen molar-refractivity contribution < 1.29 is 9.13 Å². The van der Waals surface area contributed by atoms with Crippen LogP contribution >= 0.6 is 11.6 Å². The average molecular weight is 254 g/mol. The van der Waals surface area contributed by atoms with E-state index in [-0.39, 0.29) is 11.1 Å². The molecule has 0 unspecified atom stereocenters. The van der Waals surface area contributed by atoms with Crippen molar-refractivity contribution in [3.05, 3.63) is 41.2 Å². The summed E-state index contributed by atoms with van der Waals surface area (Å²) in [6, 6.07) is 5.38. The third kappa shape index (κ3) is 2.31. The van der Waals surface area contributed by atoms with Gasteiger partial charge in [-0.3, -0.25) is 0 Å². The number of benzene rings is 1. The summed E-state index contributed by atoms with van der Waals surface area (Å²) in [6.07, 6.45) is 6.35. The second-order valence-electron chi connectivity index (χ2n) is 4.55. The minimum absolute atomic E-state index is 0.129. The molecular weight excluding hydrogens is 241 g/mol. The van der Waals surface area contributed by atoms with Crippen LogP contribution in [0.5, 0.6) is 5.75 Å². The molecular formula is C13H13ClFNO. The predicted octanol–water partition coefficient (Wildman–Crippen LogP) is 2.92. The highest BCUT2D eigenvalue weighted by Crippen LogP contribution is 2.27. The van der Waals surface area contributed by atoms with E-state index in [0.717, 1.165) is 12.8 Å². The molecule has 1 aromatic carbocycles. The second-order valence-corrected chi connectivity index (χ2v) is 4.96. The number of fused-ring (bicyclic) bond motifs is 2. The molecule has 17 heavy (non-hydrogen) atoms. The van der Waals surface area contributed by atoms with Crippen molar-refractivity contribution in [2.75, 3.05) is 0 Å². The van der Waals surface area contributed by atoms with Crippen molar-refractivity contribution >= 4 is 11.6 Å². The standard InChI is InChI=1S/C13H13ClFNO/c14-12-4-3-10(7-13(12)15)17-11-5-8-1-2-9(6-11)16-8/h1-4,7-9,11,16H,5-6H2/t8-,9+,11-. The minimum Gasteiger partial charge on any atom is -0.490 e. The second kappa shape index (κ2) is 4.31. The van der Waals surface area contributed by atoms with Crippen LogP contribution in [-0.4, -0.2) is 18.2 Å². The molecule has 0 radical (unpaired) electrons. The molecule has 3 rings (SSSR count). The summed E-state index contributed by atoms with van der Waals surface area (Å²) in [4.78, 5) is 0. The molecule has 1 saturated heterocycles. The number of hydrogen-bond acceptors (Lipinski definition) is 2. The molecule has 0 aromatic heterocycles. The summed E-state index contributed by atoms with van der Waals surface area (Å²) >= 11 is 5.63. The molecule has 2 heterocycles. The van der Waals surface area contributed by atoms with Crippen LogP contribution in [-0.2, 0) is 0 Å². The molecule has 2 aliphatic rings. The smallest absolute Gasteiger partial charge is 0.145 e. The first kappa shape index (κ1) is 11.1. The van der Waals surface area contributed by atoms with Gasteiger partial charge < -0.3 is 10.1 Å². The van der Waals surface area contributed by atoms with E-state index in [2.05, 4.69) is 17.5 Å². The fraction of sp³-hybridized carbons (Fsp3) is 0.385. The molecule has 2 bridgehead atoms. The van der Waals surface area contributed by atoms with Crippen LogP contribution in [0.2, 0.25) is 5.02 Å². The molecule has 0 aliphatic carbocycles. The van der Waals surface area contributed by atoms with E-state index >= 15 is 0 Å². The molecule has 0 saturated carbocycles. The first-order chi connectivity index (χ1) is 8.20. The van der Waals surface area contributed by atoms with E-state index in [4.69, 9.17) is 16.3 Å². The van der Waals surface area contributed by atoms with Gasteiger partial charge in [-0.15, -0.1) is 0 Å². The van der Waals surface area contributed by atoms with Gasteiger partial charge in [-0.25, -0.2) is 4.39 Å². The fourth-order valence-corrected chi connectivity index (χ4v) is 2.57. The summed E-state index contributed by atoms with van der Waals surface area (Å²) in [5, 5.41) is 3.57. The third-order valence-electron chi connectivity index (χ3n) is 3.23. The molecule has 3 atom stereocenters. The Morgan fingerprint density at radius 3 is 2.59 bits per heavy atom. The van der Waals surface area contributed by atoms with Crippen LogP contribution < -0.4 is 10.1 Å². The van der Waals surface area contributed by atoms with Gasteiger partial charge in [-0.1, -0.05) is 23.8 Å². The van der Waals surface area contributed by atoms with Crippen LogP contribution in [0, 0.1) is 5.82 Å². The highest BCUT2D eigenvalue weighted by Gasteiger charge is 2.30. The normalized spacial score (nSPS) is 30.6. The van der Waals surface area contributed by atoms with Gasteiger partial charge in [0, 0.05) is 31.0 Å². The van der Waals surface area contributed by atoms with Crippen LogP contribution in [0.3, 0.4) is 0 Å². The quantitative estimate of drug-likeness (QED) is 0.819. The Morgan fingerprint density at radius 1 is 1.24 bits per heavy atom. The van der Waals surface area contributed by atoms with Crippen LogP contribution in [0.15, 0.2) is 30.4 Å². The van der Waals surface area contributed by atoms with Crippen molar-refractivity contribution in [3.8, 4) is 5.75 Å². The Morgan fingerprint density at radius 2 is 1.94 bits per heavy atom. The first-order valence-electron chi connectivity index (χ1n) is 5.77. The summed E-state index contributed by atoms with van der Waals surface area (Å²) < 4.78 is 19.1. The molecule has 90 valence electrons. The number of rotatable bonds is 2. The van der Waals surface area contributed by atoms with E-state index in [1.165, 1.54) is 12.1 Å². The lowest BCUT2D eigenvalue weighted by Gasteiger charge is -2.29. The topological polar surface area (TPSA) is 21.3 Å². The molecule has 0 spiro atoms. The van der Waals surface area contributed by atoms with Crippen molar-refractivity contribution in [3.63, 3.8) is 0 Å². The van der Waals surface area contributed by atoms with Crippen LogP contribution in [0.25, 0.3) is 0 Å². The monoisotopic (exact) mass is 253 g/mol. The SMILES string of the molecule is Fc1cc(O[C@@H]2C[C@H]3C=C[C@@H](C2)N3)ccc1Cl. The Hall–Kier alpha value is -1.06. The lowest BCUT2D eigenvalue weighted by molar-refractivity contribution is 0.142. The Bertz CT molecular complexity index is 449. The highest BCUT2D eigenvalue weighted by atomic mass is 35.5. The molecule has 2 aliphatic heterocycles. The number of ether oxygens (including phenoxy) is 1.